The topological polar surface area (TPSA) is 20.2 Å². The molecule has 0 amide bonds. The molecule has 0 heterocycles. The number of aliphatic hydroxyl groups is 1. The fourth-order valence-electron chi connectivity index (χ4n) is 1.67. The molecule has 2 aromatic carbocycles. The summed E-state index contributed by atoms with van der Waals surface area (Å²) >= 11 is 4.84. The highest BCUT2D eigenvalue weighted by atomic mass is 79.9. The zero-order valence-corrected chi connectivity index (χ0v) is 12.1. The fraction of sp³-hybridized carbons (Fsp3) is 0.143. The van der Waals surface area contributed by atoms with E-state index >= 15 is 0 Å². The van der Waals surface area contributed by atoms with Gasteiger partial charge in [0.1, 0.15) is 5.82 Å². The van der Waals surface area contributed by atoms with E-state index in [9.17, 15) is 9.50 Å². The van der Waals surface area contributed by atoms with Crippen molar-refractivity contribution >= 4 is 27.7 Å². The summed E-state index contributed by atoms with van der Waals surface area (Å²) < 4.78 is 14.7. The third-order valence-electron chi connectivity index (χ3n) is 2.45. The van der Waals surface area contributed by atoms with Crippen LogP contribution in [0.1, 0.15) is 18.6 Å². The molecule has 1 atom stereocenters. The third-order valence-corrected chi connectivity index (χ3v) is 4.01. The Labute approximate surface area is 118 Å². The number of hydrogen-bond donors (Lipinski definition) is 1. The van der Waals surface area contributed by atoms with Crippen LogP contribution in [0.5, 0.6) is 0 Å². The van der Waals surface area contributed by atoms with E-state index in [2.05, 4.69) is 15.9 Å². The molecular weight excluding hydrogens is 315 g/mol. The van der Waals surface area contributed by atoms with Gasteiger partial charge in [-0.15, -0.1) is 0 Å². The van der Waals surface area contributed by atoms with Crippen molar-refractivity contribution in [3.8, 4) is 0 Å². The minimum atomic E-state index is -0.819. The van der Waals surface area contributed by atoms with E-state index in [-0.39, 0.29) is 5.82 Å². The molecule has 0 fully saturated rings. The Hall–Kier alpha value is -0.840. The van der Waals surface area contributed by atoms with Gasteiger partial charge in [-0.05, 0) is 37.3 Å². The lowest BCUT2D eigenvalue weighted by molar-refractivity contribution is 0.191. The molecule has 1 N–H and O–H groups in total. The van der Waals surface area contributed by atoms with Gasteiger partial charge in [0.05, 0.1) is 6.10 Å². The number of benzene rings is 2. The summed E-state index contributed by atoms with van der Waals surface area (Å²) in [6.45, 7) is 1.57. The zero-order valence-electron chi connectivity index (χ0n) is 9.73. The minimum absolute atomic E-state index is 0.350. The fourth-order valence-corrected chi connectivity index (χ4v) is 3.33. The Bertz CT molecular complexity index is 557. The molecule has 0 bridgehead atoms. The van der Waals surface area contributed by atoms with E-state index in [0.717, 1.165) is 14.3 Å². The number of rotatable bonds is 3. The molecule has 0 aliphatic heterocycles. The second-order valence-corrected chi connectivity index (χ2v) is 5.92. The van der Waals surface area contributed by atoms with Gasteiger partial charge in [0.15, 0.2) is 0 Å². The highest BCUT2D eigenvalue weighted by molar-refractivity contribution is 9.10. The van der Waals surface area contributed by atoms with Crippen molar-refractivity contribution in [2.24, 2.45) is 0 Å². The molecule has 4 heteroatoms. The molecule has 0 spiro atoms. The molecule has 94 valence electrons. The van der Waals surface area contributed by atoms with Gasteiger partial charge in [-0.25, -0.2) is 4.39 Å². The third kappa shape index (κ3) is 3.13. The van der Waals surface area contributed by atoms with Gasteiger partial charge in [-0.2, -0.15) is 0 Å². The Morgan fingerprint density at radius 3 is 2.61 bits per heavy atom. The molecule has 18 heavy (non-hydrogen) atoms. The summed E-state index contributed by atoms with van der Waals surface area (Å²) in [5.41, 5.74) is 0.350. The van der Waals surface area contributed by atoms with Crippen molar-refractivity contribution in [2.45, 2.75) is 22.8 Å². The van der Waals surface area contributed by atoms with Gasteiger partial charge >= 0.3 is 0 Å². The highest BCUT2D eigenvalue weighted by Crippen LogP contribution is 2.35. The predicted octanol–water partition coefficient (Wildman–Crippen LogP) is 4.79. The second-order valence-electron chi connectivity index (χ2n) is 3.89. The van der Waals surface area contributed by atoms with Crippen molar-refractivity contribution in [3.63, 3.8) is 0 Å². The molecule has 0 aliphatic rings. The molecule has 0 aromatic heterocycles. The van der Waals surface area contributed by atoms with E-state index in [0.29, 0.717) is 5.56 Å². The zero-order chi connectivity index (χ0) is 13.1. The van der Waals surface area contributed by atoms with Crippen LogP contribution in [-0.2, 0) is 0 Å². The summed E-state index contributed by atoms with van der Waals surface area (Å²) in [4.78, 5) is 1.74. The van der Waals surface area contributed by atoms with Gasteiger partial charge < -0.3 is 5.11 Å². The summed E-state index contributed by atoms with van der Waals surface area (Å²) in [5, 5.41) is 9.66. The van der Waals surface area contributed by atoms with Crippen molar-refractivity contribution in [2.75, 3.05) is 0 Å². The van der Waals surface area contributed by atoms with Crippen molar-refractivity contribution < 1.29 is 9.50 Å². The van der Waals surface area contributed by atoms with Crippen LogP contribution in [-0.4, -0.2) is 5.11 Å². The smallest absolute Gasteiger partial charge is 0.130 e. The largest absolute Gasteiger partial charge is 0.389 e. The lowest BCUT2D eigenvalue weighted by Crippen LogP contribution is -1.98. The van der Waals surface area contributed by atoms with Crippen LogP contribution in [0.3, 0.4) is 0 Å². The summed E-state index contributed by atoms with van der Waals surface area (Å²) in [7, 11) is 0. The van der Waals surface area contributed by atoms with E-state index in [1.807, 2.05) is 30.3 Å². The maximum atomic E-state index is 13.7. The van der Waals surface area contributed by atoms with Crippen LogP contribution < -0.4 is 0 Å². The number of hydrogen-bond acceptors (Lipinski definition) is 2. The molecular formula is C14H12BrFOS. The molecule has 2 rings (SSSR count). The van der Waals surface area contributed by atoms with E-state index < -0.39 is 6.10 Å². The van der Waals surface area contributed by atoms with E-state index in [1.165, 1.54) is 17.8 Å². The normalized spacial score (nSPS) is 12.4. The van der Waals surface area contributed by atoms with Crippen molar-refractivity contribution in [3.05, 3.63) is 58.3 Å². The monoisotopic (exact) mass is 326 g/mol. The molecule has 0 aliphatic carbocycles. The standard InChI is InChI=1S/C14H12BrFOS/c1-9(17)14-12(16)6-3-7-13(14)18-11-5-2-4-10(15)8-11/h2-9,17H,1H3/t9-/m1/s1. The molecule has 0 unspecified atom stereocenters. The summed E-state index contributed by atoms with van der Waals surface area (Å²) in [5.74, 6) is -0.370. The van der Waals surface area contributed by atoms with E-state index in [1.54, 1.807) is 13.0 Å². The Kier molecular flexibility index (Phi) is 4.43. The SMILES string of the molecule is C[C@@H](O)c1c(F)cccc1Sc1cccc(Br)c1. The van der Waals surface area contributed by atoms with Gasteiger partial charge in [-0.1, -0.05) is 39.8 Å². The Morgan fingerprint density at radius 1 is 1.22 bits per heavy atom. The van der Waals surface area contributed by atoms with Gasteiger partial charge in [0.25, 0.3) is 0 Å². The Balaban J connectivity index is 2.37. The van der Waals surface area contributed by atoms with Gasteiger partial charge in [0.2, 0.25) is 0 Å². The predicted molar refractivity (Wildman–Crippen MR) is 75.3 cm³/mol. The van der Waals surface area contributed by atoms with Gasteiger partial charge in [0, 0.05) is 19.8 Å². The quantitative estimate of drug-likeness (QED) is 0.874. The molecule has 0 radical (unpaired) electrons. The van der Waals surface area contributed by atoms with Crippen molar-refractivity contribution in [1.82, 2.24) is 0 Å². The van der Waals surface area contributed by atoms with Crippen LogP contribution >= 0.6 is 27.7 Å². The maximum absolute atomic E-state index is 13.7. The first kappa shape index (κ1) is 13.6. The molecule has 0 saturated carbocycles. The lowest BCUT2D eigenvalue weighted by atomic mass is 10.1. The van der Waals surface area contributed by atoms with Crippen LogP contribution in [0.15, 0.2) is 56.7 Å². The molecule has 2 aromatic rings. The number of aliphatic hydroxyl groups excluding tert-OH is 1. The lowest BCUT2D eigenvalue weighted by Gasteiger charge is -2.12. The average molecular weight is 327 g/mol. The summed E-state index contributed by atoms with van der Waals surface area (Å²) in [6, 6.07) is 12.6. The van der Waals surface area contributed by atoms with Crippen LogP contribution in [0.4, 0.5) is 4.39 Å². The van der Waals surface area contributed by atoms with E-state index in [4.69, 9.17) is 0 Å². The molecule has 1 nitrogen and oxygen atoms in total. The maximum Gasteiger partial charge on any atom is 0.130 e. The van der Waals surface area contributed by atoms with Crippen LogP contribution in [0.2, 0.25) is 0 Å². The van der Waals surface area contributed by atoms with Crippen LogP contribution in [0.25, 0.3) is 0 Å². The summed E-state index contributed by atoms with van der Waals surface area (Å²) in [6.07, 6.45) is -0.819. The molecule has 0 saturated heterocycles. The van der Waals surface area contributed by atoms with Gasteiger partial charge in [-0.3, -0.25) is 0 Å². The second kappa shape index (κ2) is 5.87. The first-order valence-electron chi connectivity index (χ1n) is 5.48. The first-order chi connectivity index (χ1) is 8.58. The highest BCUT2D eigenvalue weighted by Gasteiger charge is 2.14. The van der Waals surface area contributed by atoms with Crippen LogP contribution in [0, 0.1) is 5.82 Å². The number of halogens is 2. The Morgan fingerprint density at radius 2 is 1.94 bits per heavy atom. The first-order valence-corrected chi connectivity index (χ1v) is 7.09. The minimum Gasteiger partial charge on any atom is -0.389 e. The van der Waals surface area contributed by atoms with Crippen molar-refractivity contribution in [1.29, 1.82) is 0 Å². The average Bonchev–Trinajstić information content (AvgIpc) is 2.28.